The van der Waals surface area contributed by atoms with Gasteiger partial charge in [0.2, 0.25) is 0 Å². The number of piperidine rings is 1. The molecular formula is C15H26N2O4. The number of aliphatic carboxylic acids is 1. The molecule has 21 heavy (non-hydrogen) atoms. The molecule has 2 aliphatic rings. The number of likely N-dealkylation sites (tertiary alicyclic amines) is 2. The Morgan fingerprint density at radius 2 is 1.76 bits per heavy atom. The number of aliphatic hydroxyl groups excluding tert-OH is 1. The van der Waals surface area contributed by atoms with Crippen LogP contribution in [0.2, 0.25) is 0 Å². The minimum Gasteiger partial charge on any atom is -0.480 e. The van der Waals surface area contributed by atoms with Gasteiger partial charge in [-0.2, -0.15) is 0 Å². The lowest BCUT2D eigenvalue weighted by molar-refractivity contribution is -0.145. The van der Waals surface area contributed by atoms with Crippen LogP contribution in [0.3, 0.4) is 0 Å². The van der Waals surface area contributed by atoms with Gasteiger partial charge in [0.05, 0.1) is 12.6 Å². The van der Waals surface area contributed by atoms with Crippen molar-refractivity contribution in [2.75, 3.05) is 19.7 Å². The maximum atomic E-state index is 12.8. The summed E-state index contributed by atoms with van der Waals surface area (Å²) in [5.41, 5.74) is 0. The normalized spacial score (nSPS) is 30.9. The number of carboxylic acid groups (broad SMARTS) is 1. The van der Waals surface area contributed by atoms with Gasteiger partial charge in [0.15, 0.2) is 0 Å². The molecule has 2 rings (SSSR count). The first kappa shape index (κ1) is 16.1. The highest BCUT2D eigenvalue weighted by Crippen LogP contribution is 2.26. The summed E-state index contributed by atoms with van der Waals surface area (Å²) in [6.45, 7) is 2.95. The van der Waals surface area contributed by atoms with Crippen molar-refractivity contribution in [1.29, 1.82) is 0 Å². The number of hydrogen-bond acceptors (Lipinski definition) is 3. The van der Waals surface area contributed by atoms with Gasteiger partial charge in [-0.05, 0) is 31.6 Å². The number of carbonyl (C=O) groups excluding carboxylic acids is 1. The minimum absolute atomic E-state index is 0.0280. The Morgan fingerprint density at radius 1 is 1.05 bits per heavy atom. The Kier molecular flexibility index (Phi) is 5.45. The van der Waals surface area contributed by atoms with E-state index in [4.69, 9.17) is 0 Å². The lowest BCUT2D eigenvalue weighted by Crippen LogP contribution is -2.58. The zero-order valence-corrected chi connectivity index (χ0v) is 12.7. The van der Waals surface area contributed by atoms with Crippen molar-refractivity contribution in [3.05, 3.63) is 0 Å². The van der Waals surface area contributed by atoms with E-state index in [1.54, 1.807) is 4.90 Å². The molecule has 6 nitrogen and oxygen atoms in total. The lowest BCUT2D eigenvalue weighted by Gasteiger charge is -2.41. The van der Waals surface area contributed by atoms with Crippen molar-refractivity contribution in [2.24, 2.45) is 5.92 Å². The number of rotatable bonds is 2. The van der Waals surface area contributed by atoms with E-state index in [1.165, 1.54) is 4.90 Å². The van der Waals surface area contributed by atoms with Gasteiger partial charge in [0.1, 0.15) is 6.04 Å². The third-order valence-corrected chi connectivity index (χ3v) is 4.77. The van der Waals surface area contributed by atoms with E-state index in [-0.39, 0.29) is 24.6 Å². The van der Waals surface area contributed by atoms with E-state index < -0.39 is 12.0 Å². The lowest BCUT2D eigenvalue weighted by atomic mass is 9.91. The fourth-order valence-electron chi connectivity index (χ4n) is 3.56. The SMILES string of the molecule is CC1CCCN(C(=O)N2CCCCCC2CO)C1C(=O)O. The van der Waals surface area contributed by atoms with Gasteiger partial charge in [-0.25, -0.2) is 9.59 Å². The fourth-order valence-corrected chi connectivity index (χ4v) is 3.56. The molecule has 2 N–H and O–H groups in total. The molecule has 0 aromatic carbocycles. The van der Waals surface area contributed by atoms with Crippen molar-refractivity contribution >= 4 is 12.0 Å². The molecular weight excluding hydrogens is 272 g/mol. The molecule has 2 aliphatic heterocycles. The number of aliphatic hydroxyl groups is 1. The summed E-state index contributed by atoms with van der Waals surface area (Å²) < 4.78 is 0. The van der Waals surface area contributed by atoms with E-state index in [1.807, 2.05) is 6.92 Å². The molecule has 2 amide bonds. The fraction of sp³-hybridized carbons (Fsp3) is 0.867. The van der Waals surface area contributed by atoms with Gasteiger partial charge in [-0.3, -0.25) is 0 Å². The Morgan fingerprint density at radius 3 is 2.43 bits per heavy atom. The van der Waals surface area contributed by atoms with Crippen LogP contribution in [-0.4, -0.2) is 63.8 Å². The number of amides is 2. The van der Waals surface area contributed by atoms with Crippen molar-refractivity contribution in [1.82, 2.24) is 9.80 Å². The average molecular weight is 298 g/mol. The summed E-state index contributed by atoms with van der Waals surface area (Å²) >= 11 is 0. The zero-order chi connectivity index (χ0) is 15.4. The van der Waals surface area contributed by atoms with E-state index >= 15 is 0 Å². The molecule has 2 heterocycles. The van der Waals surface area contributed by atoms with Crippen molar-refractivity contribution < 1.29 is 19.8 Å². The Labute approximate surface area is 125 Å². The maximum absolute atomic E-state index is 12.8. The molecule has 3 unspecified atom stereocenters. The summed E-state index contributed by atoms with van der Waals surface area (Å²) in [5, 5.41) is 19.0. The predicted octanol–water partition coefficient (Wildman–Crippen LogP) is 1.53. The Balaban J connectivity index is 2.17. The molecule has 2 fully saturated rings. The largest absolute Gasteiger partial charge is 0.480 e. The van der Waals surface area contributed by atoms with Gasteiger partial charge in [0, 0.05) is 13.1 Å². The molecule has 120 valence electrons. The summed E-state index contributed by atoms with van der Waals surface area (Å²) in [6, 6.07) is -1.13. The number of carbonyl (C=O) groups is 2. The monoisotopic (exact) mass is 298 g/mol. The first-order valence-electron chi connectivity index (χ1n) is 7.97. The van der Waals surface area contributed by atoms with Crippen LogP contribution in [0.4, 0.5) is 4.79 Å². The first-order valence-corrected chi connectivity index (χ1v) is 7.97. The van der Waals surface area contributed by atoms with Crippen LogP contribution < -0.4 is 0 Å². The van der Waals surface area contributed by atoms with Crippen LogP contribution >= 0.6 is 0 Å². The minimum atomic E-state index is -0.925. The molecule has 0 spiro atoms. The Bertz CT molecular complexity index is 388. The number of hydrogen-bond donors (Lipinski definition) is 2. The second kappa shape index (κ2) is 7.11. The standard InChI is InChI=1S/C15H26N2O4/c1-11-6-5-9-17(13(11)14(19)20)15(21)16-8-4-2-3-7-12(16)10-18/h11-13,18H,2-10H2,1H3,(H,19,20). The van der Waals surface area contributed by atoms with Crippen LogP contribution in [0.25, 0.3) is 0 Å². The van der Waals surface area contributed by atoms with Crippen molar-refractivity contribution in [3.63, 3.8) is 0 Å². The quantitative estimate of drug-likeness (QED) is 0.810. The van der Waals surface area contributed by atoms with Crippen molar-refractivity contribution in [2.45, 2.75) is 57.5 Å². The molecule has 0 radical (unpaired) electrons. The van der Waals surface area contributed by atoms with Crippen LogP contribution in [-0.2, 0) is 4.79 Å². The molecule has 0 saturated carbocycles. The Hall–Kier alpha value is -1.30. The maximum Gasteiger partial charge on any atom is 0.326 e. The predicted molar refractivity (Wildman–Crippen MR) is 78.0 cm³/mol. The van der Waals surface area contributed by atoms with Crippen LogP contribution in [0.1, 0.15) is 45.4 Å². The van der Waals surface area contributed by atoms with E-state index in [9.17, 15) is 19.8 Å². The molecule has 6 heteroatoms. The van der Waals surface area contributed by atoms with Gasteiger partial charge in [0.25, 0.3) is 0 Å². The average Bonchev–Trinajstić information content (AvgIpc) is 2.70. The van der Waals surface area contributed by atoms with Crippen molar-refractivity contribution in [3.8, 4) is 0 Å². The summed E-state index contributed by atoms with van der Waals surface area (Å²) in [4.78, 5) is 27.5. The smallest absolute Gasteiger partial charge is 0.326 e. The third-order valence-electron chi connectivity index (χ3n) is 4.77. The molecule has 0 aromatic rings. The topological polar surface area (TPSA) is 81.1 Å². The second-order valence-corrected chi connectivity index (χ2v) is 6.26. The zero-order valence-electron chi connectivity index (χ0n) is 12.7. The highest BCUT2D eigenvalue weighted by molar-refractivity contribution is 5.83. The number of carboxylic acids is 1. The van der Waals surface area contributed by atoms with Crippen LogP contribution in [0.15, 0.2) is 0 Å². The van der Waals surface area contributed by atoms with Crippen LogP contribution in [0.5, 0.6) is 0 Å². The highest BCUT2D eigenvalue weighted by atomic mass is 16.4. The van der Waals surface area contributed by atoms with E-state index in [0.29, 0.717) is 13.1 Å². The van der Waals surface area contributed by atoms with Gasteiger partial charge >= 0.3 is 12.0 Å². The second-order valence-electron chi connectivity index (χ2n) is 6.26. The summed E-state index contributed by atoms with van der Waals surface area (Å²) in [6.07, 6.45) is 5.46. The third kappa shape index (κ3) is 3.48. The molecule has 0 aliphatic carbocycles. The van der Waals surface area contributed by atoms with Gasteiger partial charge in [-0.1, -0.05) is 19.8 Å². The highest BCUT2D eigenvalue weighted by Gasteiger charge is 2.40. The van der Waals surface area contributed by atoms with Gasteiger partial charge < -0.3 is 20.0 Å². The summed E-state index contributed by atoms with van der Waals surface area (Å²) in [7, 11) is 0. The molecule has 0 aromatic heterocycles. The molecule has 3 atom stereocenters. The van der Waals surface area contributed by atoms with E-state index in [0.717, 1.165) is 38.5 Å². The summed E-state index contributed by atoms with van der Waals surface area (Å²) in [5.74, 6) is -0.953. The van der Waals surface area contributed by atoms with Gasteiger partial charge in [-0.15, -0.1) is 0 Å². The van der Waals surface area contributed by atoms with E-state index in [2.05, 4.69) is 0 Å². The number of nitrogens with zero attached hydrogens (tertiary/aromatic N) is 2. The number of urea groups is 1. The molecule has 2 saturated heterocycles. The molecule has 0 bridgehead atoms. The first-order chi connectivity index (χ1) is 10.1. The van der Waals surface area contributed by atoms with Crippen LogP contribution in [0, 0.1) is 5.92 Å².